The number of pyridine rings is 2. The number of halogens is 1. The van der Waals surface area contributed by atoms with E-state index in [0.29, 0.717) is 48.9 Å². The Morgan fingerprint density at radius 1 is 1.12 bits per heavy atom. The van der Waals surface area contributed by atoms with E-state index in [-0.39, 0.29) is 17.9 Å². The van der Waals surface area contributed by atoms with Gasteiger partial charge in [-0.3, -0.25) is 14.7 Å². The van der Waals surface area contributed by atoms with E-state index in [9.17, 15) is 9.59 Å². The van der Waals surface area contributed by atoms with Gasteiger partial charge in [0.25, 0.3) is 5.56 Å². The number of hydrogen-bond acceptors (Lipinski definition) is 6. The molecule has 0 radical (unpaired) electrons. The first-order valence-electron chi connectivity index (χ1n) is 10.4. The van der Waals surface area contributed by atoms with Crippen molar-refractivity contribution in [3.8, 4) is 5.75 Å². The van der Waals surface area contributed by atoms with Crippen molar-refractivity contribution >= 4 is 17.6 Å². The molecular weight excluding hydrogens is 430 g/mol. The molecule has 0 aliphatic carbocycles. The van der Waals surface area contributed by atoms with Crippen LogP contribution >= 0.6 is 11.6 Å². The highest BCUT2D eigenvalue weighted by molar-refractivity contribution is 6.30. The third-order valence-corrected chi connectivity index (χ3v) is 5.72. The van der Waals surface area contributed by atoms with Gasteiger partial charge >= 0.3 is 5.97 Å². The van der Waals surface area contributed by atoms with Crippen molar-refractivity contribution in [2.24, 2.45) is 0 Å². The molecule has 0 saturated carbocycles. The summed E-state index contributed by atoms with van der Waals surface area (Å²) in [6.45, 7) is 2.74. The van der Waals surface area contributed by atoms with E-state index in [1.807, 2.05) is 30.3 Å². The molecule has 3 aromatic rings. The molecule has 1 aliphatic rings. The van der Waals surface area contributed by atoms with Crippen molar-refractivity contribution in [2.75, 3.05) is 20.2 Å². The first-order chi connectivity index (χ1) is 15.5. The fraction of sp³-hybridized carbons (Fsp3) is 0.292. The number of carbonyl (C=O) groups is 1. The van der Waals surface area contributed by atoms with Crippen LogP contribution in [0.15, 0.2) is 59.7 Å². The van der Waals surface area contributed by atoms with Crippen LogP contribution < -0.4 is 10.3 Å². The van der Waals surface area contributed by atoms with Crippen LogP contribution in [-0.4, -0.2) is 40.6 Å². The molecule has 0 bridgehead atoms. The van der Waals surface area contributed by atoms with Gasteiger partial charge in [0.1, 0.15) is 17.9 Å². The molecule has 4 rings (SSSR count). The van der Waals surface area contributed by atoms with Crippen LogP contribution in [0.25, 0.3) is 0 Å². The summed E-state index contributed by atoms with van der Waals surface area (Å²) >= 11 is 6.12. The molecule has 3 heterocycles. The molecule has 166 valence electrons. The number of ether oxygens (including phenoxy) is 2. The summed E-state index contributed by atoms with van der Waals surface area (Å²) < 4.78 is 12.6. The monoisotopic (exact) mass is 453 g/mol. The van der Waals surface area contributed by atoms with Gasteiger partial charge in [-0.1, -0.05) is 29.8 Å². The number of hydrogen-bond donors (Lipinski definition) is 0. The van der Waals surface area contributed by atoms with Gasteiger partial charge < -0.3 is 14.0 Å². The van der Waals surface area contributed by atoms with Crippen molar-refractivity contribution in [2.45, 2.75) is 26.1 Å². The summed E-state index contributed by atoms with van der Waals surface area (Å²) in [5.41, 5.74) is 2.69. The Bertz CT molecular complexity index is 1160. The van der Waals surface area contributed by atoms with Gasteiger partial charge in [-0.2, -0.15) is 0 Å². The second kappa shape index (κ2) is 9.97. The fourth-order valence-corrected chi connectivity index (χ4v) is 4.14. The smallest absolute Gasteiger partial charge is 0.343 e. The third kappa shape index (κ3) is 5.00. The SMILES string of the molecule is COC(=O)c1c(OCc2cccnc2)cc(=O)n2c1CCN(Cc1cccc(Cl)c1)CC2. The van der Waals surface area contributed by atoms with Crippen molar-refractivity contribution in [1.82, 2.24) is 14.5 Å². The van der Waals surface area contributed by atoms with Gasteiger partial charge in [-0.05, 0) is 23.8 Å². The predicted molar refractivity (Wildman–Crippen MR) is 121 cm³/mol. The van der Waals surface area contributed by atoms with E-state index >= 15 is 0 Å². The molecule has 0 atom stereocenters. The molecular formula is C24H24ClN3O4. The topological polar surface area (TPSA) is 73.7 Å². The highest BCUT2D eigenvalue weighted by Crippen LogP contribution is 2.25. The lowest BCUT2D eigenvalue weighted by Gasteiger charge is -2.19. The maximum absolute atomic E-state index is 12.9. The van der Waals surface area contributed by atoms with Gasteiger partial charge in [-0.25, -0.2) is 4.79 Å². The molecule has 7 nitrogen and oxygen atoms in total. The molecule has 2 aromatic heterocycles. The molecule has 32 heavy (non-hydrogen) atoms. The second-order valence-electron chi connectivity index (χ2n) is 7.62. The lowest BCUT2D eigenvalue weighted by Crippen LogP contribution is -2.29. The Balaban J connectivity index is 1.61. The number of nitrogens with zero attached hydrogens (tertiary/aromatic N) is 3. The predicted octanol–water partition coefficient (Wildman–Crippen LogP) is 3.32. The molecule has 1 aromatic carbocycles. The summed E-state index contributed by atoms with van der Waals surface area (Å²) in [5.74, 6) is -0.279. The second-order valence-corrected chi connectivity index (χ2v) is 8.05. The third-order valence-electron chi connectivity index (χ3n) is 5.49. The molecule has 0 unspecified atom stereocenters. The van der Waals surface area contributed by atoms with E-state index in [4.69, 9.17) is 21.1 Å². The average Bonchev–Trinajstić information content (AvgIpc) is 3.01. The van der Waals surface area contributed by atoms with Crippen LogP contribution in [0.1, 0.15) is 27.2 Å². The highest BCUT2D eigenvalue weighted by atomic mass is 35.5. The van der Waals surface area contributed by atoms with Gasteiger partial charge in [0.05, 0.1) is 7.11 Å². The number of benzene rings is 1. The molecule has 1 aliphatic heterocycles. The Labute approximate surface area is 191 Å². The molecule has 0 fully saturated rings. The summed E-state index contributed by atoms with van der Waals surface area (Å²) in [4.78, 5) is 31.9. The van der Waals surface area contributed by atoms with E-state index in [0.717, 1.165) is 11.1 Å². The van der Waals surface area contributed by atoms with Crippen LogP contribution in [0.5, 0.6) is 5.75 Å². The number of fused-ring (bicyclic) bond motifs is 1. The van der Waals surface area contributed by atoms with Crippen LogP contribution in [0.3, 0.4) is 0 Å². The molecule has 0 N–H and O–H groups in total. The first kappa shape index (κ1) is 22.0. The van der Waals surface area contributed by atoms with Crippen molar-refractivity contribution in [3.63, 3.8) is 0 Å². The van der Waals surface area contributed by atoms with Gasteiger partial charge in [0, 0.05) is 67.3 Å². The van der Waals surface area contributed by atoms with Crippen molar-refractivity contribution in [3.05, 3.63) is 92.6 Å². The Kier molecular flexibility index (Phi) is 6.87. The largest absolute Gasteiger partial charge is 0.488 e. The van der Waals surface area contributed by atoms with Crippen LogP contribution in [0, 0.1) is 0 Å². The quantitative estimate of drug-likeness (QED) is 0.533. The number of rotatable bonds is 6. The molecule has 0 spiro atoms. The summed E-state index contributed by atoms with van der Waals surface area (Å²) in [6, 6.07) is 12.8. The van der Waals surface area contributed by atoms with Gasteiger partial charge in [-0.15, -0.1) is 0 Å². The lowest BCUT2D eigenvalue weighted by atomic mass is 10.1. The van der Waals surface area contributed by atoms with Crippen LogP contribution in [0.4, 0.5) is 0 Å². The number of aromatic nitrogens is 2. The average molecular weight is 454 g/mol. The maximum Gasteiger partial charge on any atom is 0.343 e. The zero-order valence-corrected chi connectivity index (χ0v) is 18.5. The van der Waals surface area contributed by atoms with E-state index in [1.165, 1.54) is 13.2 Å². The molecule has 0 amide bonds. The summed E-state index contributed by atoms with van der Waals surface area (Å²) in [5, 5.41) is 0.695. The minimum atomic E-state index is -0.516. The molecule has 0 saturated heterocycles. The summed E-state index contributed by atoms with van der Waals surface area (Å²) in [6.07, 6.45) is 3.87. The zero-order valence-electron chi connectivity index (χ0n) is 17.8. The van der Waals surface area contributed by atoms with E-state index in [1.54, 1.807) is 23.0 Å². The minimum absolute atomic E-state index is 0.196. The Morgan fingerprint density at radius 2 is 1.97 bits per heavy atom. The Hall–Kier alpha value is -3.16. The van der Waals surface area contributed by atoms with Crippen LogP contribution in [0.2, 0.25) is 5.02 Å². The standard InChI is InChI=1S/C24H24ClN3O4/c1-31-24(30)23-20-7-9-27(15-17-4-2-6-19(25)12-17)10-11-28(20)22(29)13-21(23)32-16-18-5-3-8-26-14-18/h2-6,8,12-14H,7,9-11,15-16H2,1H3. The highest BCUT2D eigenvalue weighted by Gasteiger charge is 2.26. The number of carbonyl (C=O) groups excluding carboxylic acids is 1. The zero-order chi connectivity index (χ0) is 22.5. The first-order valence-corrected chi connectivity index (χ1v) is 10.8. The normalized spacial score (nSPS) is 13.8. The molecule has 8 heteroatoms. The van der Waals surface area contributed by atoms with Crippen LogP contribution in [-0.2, 0) is 30.9 Å². The van der Waals surface area contributed by atoms with Crippen molar-refractivity contribution < 1.29 is 14.3 Å². The maximum atomic E-state index is 12.9. The van der Waals surface area contributed by atoms with Gasteiger partial charge in [0.15, 0.2) is 0 Å². The fourth-order valence-electron chi connectivity index (χ4n) is 3.93. The van der Waals surface area contributed by atoms with E-state index < -0.39 is 5.97 Å². The van der Waals surface area contributed by atoms with Gasteiger partial charge in [0.2, 0.25) is 0 Å². The number of esters is 1. The minimum Gasteiger partial charge on any atom is -0.488 e. The van der Waals surface area contributed by atoms with Crippen molar-refractivity contribution in [1.29, 1.82) is 0 Å². The number of methoxy groups -OCH3 is 1. The Morgan fingerprint density at radius 3 is 2.72 bits per heavy atom. The summed E-state index contributed by atoms with van der Waals surface area (Å²) in [7, 11) is 1.33. The van der Waals surface area contributed by atoms with E-state index in [2.05, 4.69) is 9.88 Å². The lowest BCUT2D eigenvalue weighted by molar-refractivity contribution is 0.0592.